The van der Waals surface area contributed by atoms with Crippen LogP contribution in [0.5, 0.6) is 5.75 Å². The zero-order valence-corrected chi connectivity index (χ0v) is 10.0. The molecule has 0 aliphatic heterocycles. The summed E-state index contributed by atoms with van der Waals surface area (Å²) < 4.78 is 7.17. The maximum atomic E-state index is 5.12. The first kappa shape index (κ1) is 11.6. The highest BCUT2D eigenvalue weighted by atomic mass is 16.5. The summed E-state index contributed by atoms with van der Waals surface area (Å²) in [6, 6.07) is 3.86. The van der Waals surface area contributed by atoms with Gasteiger partial charge in [-0.1, -0.05) is 13.8 Å². The largest absolute Gasteiger partial charge is 0.497 e. The van der Waals surface area contributed by atoms with E-state index in [1.54, 1.807) is 7.11 Å². The van der Waals surface area contributed by atoms with E-state index in [2.05, 4.69) is 16.3 Å². The van der Waals surface area contributed by atoms with Crippen LogP contribution in [-0.4, -0.2) is 16.5 Å². The molecule has 0 unspecified atom stereocenters. The molecule has 0 N–H and O–H groups in total. The van der Waals surface area contributed by atoms with Crippen molar-refractivity contribution in [1.82, 2.24) is 9.38 Å². The lowest BCUT2D eigenvalue weighted by atomic mass is 10.4. The molecule has 0 aliphatic rings. The molecule has 3 heteroatoms. The molecule has 3 nitrogen and oxygen atoms in total. The van der Waals surface area contributed by atoms with Gasteiger partial charge in [0.25, 0.3) is 0 Å². The van der Waals surface area contributed by atoms with Gasteiger partial charge in [0.05, 0.1) is 12.8 Å². The Labute approximate surface area is 90.7 Å². The Morgan fingerprint density at radius 3 is 2.53 bits per heavy atom. The normalized spacial score (nSPS) is 9.67. The van der Waals surface area contributed by atoms with Crippen LogP contribution in [0.4, 0.5) is 0 Å². The van der Waals surface area contributed by atoms with E-state index in [0.717, 1.165) is 17.1 Å². The Morgan fingerprint density at radius 1 is 1.27 bits per heavy atom. The minimum Gasteiger partial charge on any atom is -0.497 e. The molecule has 0 atom stereocenters. The van der Waals surface area contributed by atoms with Crippen LogP contribution in [0.1, 0.15) is 25.2 Å². The highest BCUT2D eigenvalue weighted by Crippen LogP contribution is 2.16. The molecule has 2 heterocycles. The van der Waals surface area contributed by atoms with Crippen molar-refractivity contribution in [2.24, 2.45) is 0 Å². The van der Waals surface area contributed by atoms with Crippen LogP contribution >= 0.6 is 0 Å². The Morgan fingerprint density at radius 2 is 1.93 bits per heavy atom. The van der Waals surface area contributed by atoms with E-state index in [0.29, 0.717) is 0 Å². The molecule has 2 aromatic rings. The molecule has 0 saturated carbocycles. The lowest BCUT2D eigenvalue weighted by Crippen LogP contribution is -1.89. The molecule has 0 saturated heterocycles. The second kappa shape index (κ2) is 4.82. The molecule has 2 rings (SSSR count). The number of ether oxygens (including phenoxy) is 1. The first-order valence-electron chi connectivity index (χ1n) is 5.21. The van der Waals surface area contributed by atoms with Gasteiger partial charge < -0.3 is 9.14 Å². The third-order valence-corrected chi connectivity index (χ3v) is 2.31. The zero-order valence-electron chi connectivity index (χ0n) is 10.0. The van der Waals surface area contributed by atoms with E-state index in [4.69, 9.17) is 4.74 Å². The Bertz CT molecular complexity index is 446. The molecule has 0 fully saturated rings. The average molecular weight is 206 g/mol. The van der Waals surface area contributed by atoms with Gasteiger partial charge in [-0.3, -0.25) is 0 Å². The fraction of sp³-hybridized carbons (Fsp3) is 0.417. The Balaban J connectivity index is 0.000000531. The number of nitrogens with zero attached hydrogens (tertiary/aromatic N) is 2. The monoisotopic (exact) mass is 206 g/mol. The van der Waals surface area contributed by atoms with Gasteiger partial charge in [-0.2, -0.15) is 0 Å². The first-order chi connectivity index (χ1) is 7.22. The molecule has 0 aliphatic carbocycles. The molecule has 0 bridgehead atoms. The van der Waals surface area contributed by atoms with Gasteiger partial charge in [-0.25, -0.2) is 4.98 Å². The van der Waals surface area contributed by atoms with Crippen LogP contribution in [0.25, 0.3) is 5.65 Å². The molecule has 0 aromatic carbocycles. The third-order valence-electron chi connectivity index (χ3n) is 2.31. The fourth-order valence-corrected chi connectivity index (χ4v) is 1.39. The zero-order chi connectivity index (χ0) is 11.4. The average Bonchev–Trinajstić information content (AvgIpc) is 2.57. The number of hydrogen-bond acceptors (Lipinski definition) is 2. The number of fused-ring (bicyclic) bond motifs is 1. The Hall–Kier alpha value is -1.51. The van der Waals surface area contributed by atoms with Crippen LogP contribution in [0, 0.1) is 13.8 Å². The smallest absolute Gasteiger partial charge is 0.140 e. The van der Waals surface area contributed by atoms with E-state index in [1.165, 1.54) is 5.69 Å². The number of pyridine rings is 1. The van der Waals surface area contributed by atoms with Crippen LogP contribution in [0.2, 0.25) is 0 Å². The van der Waals surface area contributed by atoms with Crippen LogP contribution in [0.3, 0.4) is 0 Å². The highest BCUT2D eigenvalue weighted by Gasteiger charge is 2.03. The van der Waals surface area contributed by atoms with Crippen molar-refractivity contribution < 1.29 is 4.74 Å². The number of hydrogen-bond donors (Lipinski definition) is 0. The predicted octanol–water partition coefficient (Wildman–Crippen LogP) is 2.99. The van der Waals surface area contributed by atoms with Crippen molar-refractivity contribution in [3.8, 4) is 5.75 Å². The molecule has 2 aromatic heterocycles. The van der Waals surface area contributed by atoms with Crippen molar-refractivity contribution >= 4 is 5.65 Å². The van der Waals surface area contributed by atoms with Crippen molar-refractivity contribution in [1.29, 1.82) is 0 Å². The van der Waals surface area contributed by atoms with E-state index >= 15 is 0 Å². The van der Waals surface area contributed by atoms with Gasteiger partial charge in [0.2, 0.25) is 0 Å². The minimum absolute atomic E-state index is 0.845. The van der Waals surface area contributed by atoms with E-state index in [-0.39, 0.29) is 0 Å². The van der Waals surface area contributed by atoms with Crippen molar-refractivity contribution in [2.75, 3.05) is 7.11 Å². The lowest BCUT2D eigenvalue weighted by molar-refractivity contribution is 0.414. The van der Waals surface area contributed by atoms with Gasteiger partial charge in [0.1, 0.15) is 11.4 Å². The summed E-state index contributed by atoms with van der Waals surface area (Å²) in [6.45, 7) is 8.07. The Kier molecular flexibility index (Phi) is 3.72. The second-order valence-corrected chi connectivity index (χ2v) is 3.08. The van der Waals surface area contributed by atoms with Gasteiger partial charge in [-0.15, -0.1) is 0 Å². The van der Waals surface area contributed by atoms with Crippen molar-refractivity contribution in [3.63, 3.8) is 0 Å². The maximum absolute atomic E-state index is 5.12. The van der Waals surface area contributed by atoms with Crippen LogP contribution in [0.15, 0.2) is 18.3 Å². The molecular formula is C12H18N2O. The van der Waals surface area contributed by atoms with Crippen LogP contribution in [-0.2, 0) is 0 Å². The van der Waals surface area contributed by atoms with E-state index in [1.807, 2.05) is 39.1 Å². The third kappa shape index (κ3) is 2.12. The van der Waals surface area contributed by atoms with Crippen molar-refractivity contribution in [3.05, 3.63) is 29.7 Å². The summed E-state index contributed by atoms with van der Waals surface area (Å²) in [5.74, 6) is 0.845. The summed E-state index contributed by atoms with van der Waals surface area (Å²) in [5, 5.41) is 0. The van der Waals surface area contributed by atoms with E-state index in [9.17, 15) is 0 Å². The summed E-state index contributed by atoms with van der Waals surface area (Å²) in [4.78, 5) is 4.40. The quantitative estimate of drug-likeness (QED) is 0.717. The summed E-state index contributed by atoms with van der Waals surface area (Å²) in [6.07, 6.45) is 1.98. The van der Waals surface area contributed by atoms with Crippen molar-refractivity contribution in [2.45, 2.75) is 27.7 Å². The van der Waals surface area contributed by atoms with Gasteiger partial charge in [0.15, 0.2) is 0 Å². The topological polar surface area (TPSA) is 26.5 Å². The second-order valence-electron chi connectivity index (χ2n) is 3.08. The summed E-state index contributed by atoms with van der Waals surface area (Å²) in [5.41, 5.74) is 3.18. The number of rotatable bonds is 1. The number of methoxy groups -OCH3 is 1. The standard InChI is InChI=1S/C10H12N2O.C2H6/c1-7-8(2)12-5-4-9(13-3)6-10(12)11-7;1-2/h4-6H,1-3H3;1-2H3. The molecule has 0 spiro atoms. The van der Waals surface area contributed by atoms with Gasteiger partial charge in [0, 0.05) is 18.0 Å². The molecule has 0 amide bonds. The molecule has 15 heavy (non-hydrogen) atoms. The summed E-state index contributed by atoms with van der Waals surface area (Å²) in [7, 11) is 1.66. The number of aryl methyl sites for hydroxylation is 2. The van der Waals surface area contributed by atoms with E-state index < -0.39 is 0 Å². The SMILES string of the molecule is CC.COc1ccn2c(C)c(C)nc2c1. The lowest BCUT2D eigenvalue weighted by Gasteiger charge is -2.00. The summed E-state index contributed by atoms with van der Waals surface area (Å²) >= 11 is 0. The molecule has 82 valence electrons. The maximum Gasteiger partial charge on any atom is 0.140 e. The molecule has 0 radical (unpaired) electrons. The van der Waals surface area contributed by atoms with Gasteiger partial charge in [-0.05, 0) is 19.9 Å². The predicted molar refractivity (Wildman–Crippen MR) is 62.6 cm³/mol. The molecular weight excluding hydrogens is 188 g/mol. The first-order valence-corrected chi connectivity index (χ1v) is 5.21. The van der Waals surface area contributed by atoms with Gasteiger partial charge >= 0.3 is 0 Å². The minimum atomic E-state index is 0.845. The number of imidazole rings is 1. The number of aromatic nitrogens is 2. The fourth-order valence-electron chi connectivity index (χ4n) is 1.39. The van der Waals surface area contributed by atoms with Crippen LogP contribution < -0.4 is 4.74 Å². The highest BCUT2D eigenvalue weighted by molar-refractivity contribution is 5.47.